The van der Waals surface area contributed by atoms with E-state index in [4.69, 9.17) is 10.2 Å². The quantitative estimate of drug-likeness (QED) is 0.885. The number of hydrogen-bond donors (Lipinski definition) is 1. The van der Waals surface area contributed by atoms with Gasteiger partial charge in [-0.1, -0.05) is 24.3 Å². The van der Waals surface area contributed by atoms with Crippen LogP contribution in [0.25, 0.3) is 0 Å². The average molecular weight is 308 g/mol. The lowest BCUT2D eigenvalue weighted by atomic mass is 10.1. The molecule has 0 aliphatic heterocycles. The van der Waals surface area contributed by atoms with Gasteiger partial charge in [0.25, 0.3) is 0 Å². The first-order chi connectivity index (χ1) is 9.90. The highest BCUT2D eigenvalue weighted by molar-refractivity contribution is 7.88. The van der Waals surface area contributed by atoms with Gasteiger partial charge in [-0.2, -0.15) is 4.31 Å². The molecule has 0 aliphatic carbocycles. The summed E-state index contributed by atoms with van der Waals surface area (Å²) in [6.45, 7) is 2.51. The van der Waals surface area contributed by atoms with E-state index in [2.05, 4.69) is 0 Å². The smallest absolute Gasteiger partial charge is 0.218 e. The number of rotatable bonds is 6. The van der Waals surface area contributed by atoms with E-state index in [0.29, 0.717) is 12.3 Å². The molecule has 0 radical (unpaired) electrons. The van der Waals surface area contributed by atoms with E-state index in [9.17, 15) is 8.42 Å². The van der Waals surface area contributed by atoms with E-state index in [1.165, 1.54) is 4.31 Å². The molecule has 114 valence electrons. The standard InChI is InChI=1S/C15H20N2O3S/c1-12-3-8-15(20-12)10-17(2)21(18,19)11-14-6-4-13(9-16)5-7-14/h3-8H,9-11,16H2,1-2H3. The molecule has 1 aromatic carbocycles. The van der Waals surface area contributed by atoms with E-state index in [0.717, 1.165) is 16.9 Å². The van der Waals surface area contributed by atoms with Crippen molar-refractivity contribution in [2.75, 3.05) is 7.05 Å². The van der Waals surface area contributed by atoms with E-state index in [1.54, 1.807) is 25.2 Å². The van der Waals surface area contributed by atoms with Gasteiger partial charge in [-0.15, -0.1) is 0 Å². The van der Waals surface area contributed by atoms with Crippen LogP contribution in [0.2, 0.25) is 0 Å². The van der Waals surface area contributed by atoms with Crippen LogP contribution in [0.5, 0.6) is 0 Å². The first-order valence-electron chi connectivity index (χ1n) is 6.68. The van der Waals surface area contributed by atoms with Crippen molar-refractivity contribution >= 4 is 10.0 Å². The van der Waals surface area contributed by atoms with Crippen LogP contribution in [-0.4, -0.2) is 19.8 Å². The first-order valence-corrected chi connectivity index (χ1v) is 8.29. The normalized spacial score (nSPS) is 12.0. The fourth-order valence-electron chi connectivity index (χ4n) is 1.98. The van der Waals surface area contributed by atoms with E-state index < -0.39 is 10.0 Å². The lowest BCUT2D eigenvalue weighted by molar-refractivity contribution is 0.397. The Balaban J connectivity index is 2.05. The van der Waals surface area contributed by atoms with Crippen LogP contribution >= 0.6 is 0 Å². The Hall–Kier alpha value is -1.63. The molecule has 1 heterocycles. The van der Waals surface area contributed by atoms with Crippen molar-refractivity contribution in [1.29, 1.82) is 0 Å². The molecule has 0 saturated heterocycles. The summed E-state index contributed by atoms with van der Waals surface area (Å²) >= 11 is 0. The van der Waals surface area contributed by atoms with Crippen LogP contribution in [0.3, 0.4) is 0 Å². The third-order valence-electron chi connectivity index (χ3n) is 3.26. The molecule has 0 atom stereocenters. The highest BCUT2D eigenvalue weighted by atomic mass is 32.2. The molecule has 0 fully saturated rings. The molecule has 0 unspecified atom stereocenters. The zero-order valence-corrected chi connectivity index (χ0v) is 13.1. The number of nitrogens with two attached hydrogens (primary N) is 1. The molecule has 6 heteroatoms. The Morgan fingerprint density at radius 2 is 1.71 bits per heavy atom. The number of furan rings is 1. The minimum Gasteiger partial charge on any atom is -0.465 e. The van der Waals surface area contributed by atoms with Crippen molar-refractivity contribution in [2.45, 2.75) is 25.8 Å². The van der Waals surface area contributed by atoms with Gasteiger partial charge in [0, 0.05) is 13.6 Å². The summed E-state index contributed by atoms with van der Waals surface area (Å²) < 4.78 is 31.4. The SMILES string of the molecule is Cc1ccc(CN(C)S(=O)(=O)Cc2ccc(CN)cc2)o1. The predicted octanol–water partition coefficient (Wildman–Crippen LogP) is 2.01. The number of hydrogen-bond acceptors (Lipinski definition) is 4. The zero-order valence-electron chi connectivity index (χ0n) is 12.2. The largest absolute Gasteiger partial charge is 0.465 e. The predicted molar refractivity (Wildman–Crippen MR) is 81.9 cm³/mol. The van der Waals surface area contributed by atoms with Gasteiger partial charge in [-0.05, 0) is 30.2 Å². The van der Waals surface area contributed by atoms with E-state index in [1.807, 2.05) is 25.1 Å². The molecule has 0 amide bonds. The maximum atomic E-state index is 12.3. The first kappa shape index (κ1) is 15.8. The van der Waals surface area contributed by atoms with Crippen LogP contribution in [0.1, 0.15) is 22.6 Å². The van der Waals surface area contributed by atoms with Crippen molar-refractivity contribution in [3.05, 3.63) is 59.0 Å². The summed E-state index contributed by atoms with van der Waals surface area (Å²) in [5, 5.41) is 0. The second-order valence-corrected chi connectivity index (χ2v) is 7.12. The Bertz CT molecular complexity index is 690. The second kappa shape index (κ2) is 6.43. The summed E-state index contributed by atoms with van der Waals surface area (Å²) in [7, 11) is -1.82. The van der Waals surface area contributed by atoms with Crippen molar-refractivity contribution in [3.8, 4) is 0 Å². The molecule has 2 aromatic rings. The van der Waals surface area contributed by atoms with Crippen molar-refractivity contribution in [3.63, 3.8) is 0 Å². The summed E-state index contributed by atoms with van der Waals surface area (Å²) in [5.41, 5.74) is 7.25. The number of nitrogens with zero attached hydrogens (tertiary/aromatic N) is 1. The Labute approximate surface area is 125 Å². The topological polar surface area (TPSA) is 76.5 Å². The number of aryl methyl sites for hydroxylation is 1. The molecule has 2 N–H and O–H groups in total. The average Bonchev–Trinajstić information content (AvgIpc) is 2.84. The lowest BCUT2D eigenvalue weighted by Crippen LogP contribution is -2.27. The zero-order chi connectivity index (χ0) is 15.5. The molecule has 0 saturated carbocycles. The fourth-order valence-corrected chi connectivity index (χ4v) is 3.14. The van der Waals surface area contributed by atoms with E-state index >= 15 is 0 Å². The third kappa shape index (κ3) is 4.17. The van der Waals surface area contributed by atoms with Gasteiger partial charge in [-0.3, -0.25) is 0 Å². The molecular formula is C15H20N2O3S. The lowest BCUT2D eigenvalue weighted by Gasteiger charge is -2.16. The maximum Gasteiger partial charge on any atom is 0.218 e. The van der Waals surface area contributed by atoms with Gasteiger partial charge in [0.15, 0.2) is 0 Å². The van der Waals surface area contributed by atoms with Crippen molar-refractivity contribution in [1.82, 2.24) is 4.31 Å². The minimum atomic E-state index is -3.38. The summed E-state index contributed by atoms with van der Waals surface area (Å²) in [4.78, 5) is 0. The van der Waals surface area contributed by atoms with Crippen LogP contribution in [0.4, 0.5) is 0 Å². The maximum absolute atomic E-state index is 12.3. The Kier molecular flexibility index (Phi) is 4.82. The van der Waals surface area contributed by atoms with Gasteiger partial charge < -0.3 is 10.2 Å². The summed E-state index contributed by atoms with van der Waals surface area (Å²) in [6, 6.07) is 10.9. The highest BCUT2D eigenvalue weighted by Gasteiger charge is 2.19. The van der Waals surface area contributed by atoms with Gasteiger partial charge in [0.05, 0.1) is 12.3 Å². The third-order valence-corrected chi connectivity index (χ3v) is 5.03. The highest BCUT2D eigenvalue weighted by Crippen LogP contribution is 2.15. The molecule has 5 nitrogen and oxygen atoms in total. The Morgan fingerprint density at radius 3 is 2.24 bits per heavy atom. The van der Waals surface area contributed by atoms with Crippen molar-refractivity contribution in [2.24, 2.45) is 5.73 Å². The fraction of sp³-hybridized carbons (Fsp3) is 0.333. The van der Waals surface area contributed by atoms with Gasteiger partial charge in [-0.25, -0.2) is 8.42 Å². The minimum absolute atomic E-state index is 0.0337. The van der Waals surface area contributed by atoms with Gasteiger partial charge in [0.1, 0.15) is 11.5 Å². The van der Waals surface area contributed by atoms with Gasteiger partial charge >= 0.3 is 0 Å². The number of benzene rings is 1. The summed E-state index contributed by atoms with van der Waals surface area (Å²) in [5.74, 6) is 1.37. The molecule has 1 aromatic heterocycles. The van der Waals surface area contributed by atoms with Crippen molar-refractivity contribution < 1.29 is 12.8 Å². The number of sulfonamides is 1. The monoisotopic (exact) mass is 308 g/mol. The molecule has 0 aliphatic rings. The molecule has 0 spiro atoms. The van der Waals surface area contributed by atoms with Crippen LogP contribution in [0.15, 0.2) is 40.8 Å². The van der Waals surface area contributed by atoms with Gasteiger partial charge in [0.2, 0.25) is 10.0 Å². The van der Waals surface area contributed by atoms with E-state index in [-0.39, 0.29) is 12.3 Å². The van der Waals surface area contributed by atoms with Crippen LogP contribution in [0, 0.1) is 6.92 Å². The second-order valence-electron chi connectivity index (χ2n) is 5.05. The molecular weight excluding hydrogens is 288 g/mol. The summed E-state index contributed by atoms with van der Waals surface area (Å²) in [6.07, 6.45) is 0. The Morgan fingerprint density at radius 1 is 1.10 bits per heavy atom. The van der Waals surface area contributed by atoms with Crippen LogP contribution in [-0.2, 0) is 28.9 Å². The molecule has 21 heavy (non-hydrogen) atoms. The van der Waals surface area contributed by atoms with Crippen LogP contribution < -0.4 is 5.73 Å². The molecule has 0 bridgehead atoms. The molecule has 2 rings (SSSR count).